The molecule has 1 atom stereocenters. The third kappa shape index (κ3) is 1.97. The Hall–Kier alpha value is -2.24. The van der Waals surface area contributed by atoms with Gasteiger partial charge in [-0.3, -0.25) is 9.78 Å². The lowest BCUT2D eigenvalue weighted by atomic mass is 10.3. The summed E-state index contributed by atoms with van der Waals surface area (Å²) in [5.41, 5.74) is 0.492. The summed E-state index contributed by atoms with van der Waals surface area (Å²) in [6.45, 7) is 1.37. The van der Waals surface area contributed by atoms with Crippen molar-refractivity contribution in [2.75, 3.05) is 13.1 Å². The SMILES string of the molecule is O=C(c1ccccn1)N1CCC(n2nccn2)C1. The molecule has 2 aromatic rings. The number of carbonyl (C=O) groups is 1. The molecule has 3 heterocycles. The molecule has 1 saturated heterocycles. The zero-order valence-electron chi connectivity index (χ0n) is 9.81. The highest BCUT2D eigenvalue weighted by molar-refractivity contribution is 5.92. The van der Waals surface area contributed by atoms with E-state index in [0.717, 1.165) is 13.0 Å². The van der Waals surface area contributed by atoms with Crippen LogP contribution in [0.25, 0.3) is 0 Å². The summed E-state index contributed by atoms with van der Waals surface area (Å²) in [5, 5.41) is 8.23. The topological polar surface area (TPSA) is 63.9 Å². The Morgan fingerprint density at radius 3 is 2.78 bits per heavy atom. The van der Waals surface area contributed by atoms with Crippen LogP contribution in [0.15, 0.2) is 36.8 Å². The Morgan fingerprint density at radius 2 is 2.06 bits per heavy atom. The standard InChI is InChI=1S/C12H13N5O/c18-12(11-3-1-2-5-13-11)16-8-4-10(9-16)17-14-6-7-15-17/h1-3,5-7,10H,4,8-9H2. The van der Waals surface area contributed by atoms with Crippen molar-refractivity contribution in [1.29, 1.82) is 0 Å². The predicted molar refractivity (Wildman–Crippen MR) is 63.8 cm³/mol. The summed E-state index contributed by atoms with van der Waals surface area (Å²) in [6, 6.07) is 5.54. The van der Waals surface area contributed by atoms with Crippen molar-refractivity contribution in [3.05, 3.63) is 42.5 Å². The van der Waals surface area contributed by atoms with E-state index in [2.05, 4.69) is 15.2 Å². The van der Waals surface area contributed by atoms with Crippen LogP contribution in [0.2, 0.25) is 0 Å². The number of rotatable bonds is 2. The fraction of sp³-hybridized carbons (Fsp3) is 0.333. The second-order valence-corrected chi connectivity index (χ2v) is 4.26. The van der Waals surface area contributed by atoms with E-state index in [-0.39, 0.29) is 11.9 Å². The Morgan fingerprint density at radius 1 is 1.22 bits per heavy atom. The normalized spacial score (nSPS) is 19.1. The number of likely N-dealkylation sites (tertiary alicyclic amines) is 1. The monoisotopic (exact) mass is 243 g/mol. The number of hydrogen-bond donors (Lipinski definition) is 0. The predicted octanol–water partition coefficient (Wildman–Crippen LogP) is 0.760. The molecule has 0 aliphatic carbocycles. The highest BCUT2D eigenvalue weighted by Crippen LogP contribution is 2.20. The molecule has 6 nitrogen and oxygen atoms in total. The molecule has 0 bridgehead atoms. The van der Waals surface area contributed by atoms with Gasteiger partial charge in [0.2, 0.25) is 0 Å². The maximum Gasteiger partial charge on any atom is 0.272 e. The van der Waals surface area contributed by atoms with Crippen LogP contribution < -0.4 is 0 Å². The summed E-state index contributed by atoms with van der Waals surface area (Å²) in [7, 11) is 0. The molecular formula is C12H13N5O. The summed E-state index contributed by atoms with van der Waals surface area (Å²) in [4.78, 5) is 19.7. The number of aromatic nitrogens is 4. The first-order valence-corrected chi connectivity index (χ1v) is 5.91. The number of pyridine rings is 1. The van der Waals surface area contributed by atoms with Crippen molar-refractivity contribution < 1.29 is 4.79 Å². The van der Waals surface area contributed by atoms with Crippen molar-refractivity contribution >= 4 is 5.91 Å². The van der Waals surface area contributed by atoms with Crippen LogP contribution in [0, 0.1) is 0 Å². The maximum atomic E-state index is 12.2. The number of nitrogens with zero attached hydrogens (tertiary/aromatic N) is 5. The molecule has 0 radical (unpaired) electrons. The number of hydrogen-bond acceptors (Lipinski definition) is 4. The molecular weight excluding hydrogens is 230 g/mol. The van der Waals surface area contributed by atoms with Gasteiger partial charge in [0.05, 0.1) is 18.4 Å². The molecule has 0 N–H and O–H groups in total. The van der Waals surface area contributed by atoms with Gasteiger partial charge >= 0.3 is 0 Å². The first-order chi connectivity index (χ1) is 8.84. The fourth-order valence-electron chi connectivity index (χ4n) is 2.18. The van der Waals surface area contributed by atoms with E-state index < -0.39 is 0 Å². The summed E-state index contributed by atoms with van der Waals surface area (Å²) in [6.07, 6.45) is 5.83. The zero-order valence-corrected chi connectivity index (χ0v) is 9.81. The van der Waals surface area contributed by atoms with Crippen LogP contribution in [-0.4, -0.2) is 43.9 Å². The Labute approximate surface area is 104 Å². The van der Waals surface area contributed by atoms with Crippen LogP contribution in [-0.2, 0) is 0 Å². The molecule has 1 aliphatic heterocycles. The molecule has 1 fully saturated rings. The van der Waals surface area contributed by atoms with Crippen molar-refractivity contribution in [2.24, 2.45) is 0 Å². The zero-order chi connectivity index (χ0) is 12.4. The van der Waals surface area contributed by atoms with Gasteiger partial charge in [-0.1, -0.05) is 6.07 Å². The number of amides is 1. The largest absolute Gasteiger partial charge is 0.335 e. The molecule has 6 heteroatoms. The van der Waals surface area contributed by atoms with Crippen molar-refractivity contribution in [1.82, 2.24) is 24.9 Å². The van der Waals surface area contributed by atoms with Crippen molar-refractivity contribution in [3.8, 4) is 0 Å². The lowest BCUT2D eigenvalue weighted by molar-refractivity contribution is 0.0780. The van der Waals surface area contributed by atoms with Crippen LogP contribution in [0.4, 0.5) is 0 Å². The molecule has 92 valence electrons. The smallest absolute Gasteiger partial charge is 0.272 e. The highest BCUT2D eigenvalue weighted by atomic mass is 16.2. The minimum Gasteiger partial charge on any atom is -0.335 e. The van der Waals surface area contributed by atoms with Gasteiger partial charge in [0.15, 0.2) is 0 Å². The first kappa shape index (κ1) is 10.9. The summed E-state index contributed by atoms with van der Waals surface area (Å²) >= 11 is 0. The van der Waals surface area contributed by atoms with Gasteiger partial charge in [-0.2, -0.15) is 15.0 Å². The molecule has 0 aromatic carbocycles. The van der Waals surface area contributed by atoms with Gasteiger partial charge in [-0.05, 0) is 18.6 Å². The van der Waals surface area contributed by atoms with Gasteiger partial charge < -0.3 is 4.90 Å². The van der Waals surface area contributed by atoms with E-state index in [1.807, 2.05) is 6.07 Å². The average Bonchev–Trinajstić information content (AvgIpc) is 3.09. The number of carbonyl (C=O) groups excluding carboxylic acids is 1. The lowest BCUT2D eigenvalue weighted by Gasteiger charge is -2.15. The lowest BCUT2D eigenvalue weighted by Crippen LogP contribution is -2.30. The van der Waals surface area contributed by atoms with E-state index >= 15 is 0 Å². The Kier molecular flexibility index (Phi) is 2.76. The van der Waals surface area contributed by atoms with Crippen LogP contribution in [0.3, 0.4) is 0 Å². The molecule has 0 saturated carbocycles. The third-order valence-corrected chi connectivity index (χ3v) is 3.10. The second-order valence-electron chi connectivity index (χ2n) is 4.26. The van der Waals surface area contributed by atoms with Crippen molar-refractivity contribution in [2.45, 2.75) is 12.5 Å². The Bertz CT molecular complexity index is 525. The molecule has 18 heavy (non-hydrogen) atoms. The minimum absolute atomic E-state index is 0.0229. The first-order valence-electron chi connectivity index (χ1n) is 5.91. The van der Waals surface area contributed by atoms with Crippen molar-refractivity contribution in [3.63, 3.8) is 0 Å². The van der Waals surface area contributed by atoms with E-state index in [9.17, 15) is 4.79 Å². The molecule has 0 spiro atoms. The van der Waals surface area contributed by atoms with Gasteiger partial charge in [-0.15, -0.1) is 0 Å². The molecule has 1 amide bonds. The van der Waals surface area contributed by atoms with E-state index in [1.54, 1.807) is 40.4 Å². The molecule has 2 aromatic heterocycles. The van der Waals surface area contributed by atoms with Crippen LogP contribution in [0.5, 0.6) is 0 Å². The third-order valence-electron chi connectivity index (χ3n) is 3.10. The average molecular weight is 243 g/mol. The molecule has 1 aliphatic rings. The summed E-state index contributed by atoms with van der Waals surface area (Å²) in [5.74, 6) is -0.0229. The highest BCUT2D eigenvalue weighted by Gasteiger charge is 2.29. The van der Waals surface area contributed by atoms with E-state index in [1.165, 1.54) is 0 Å². The van der Waals surface area contributed by atoms with E-state index in [0.29, 0.717) is 12.2 Å². The fourth-order valence-corrected chi connectivity index (χ4v) is 2.18. The molecule has 3 rings (SSSR count). The van der Waals surface area contributed by atoms with E-state index in [4.69, 9.17) is 0 Å². The summed E-state index contributed by atoms with van der Waals surface area (Å²) < 4.78 is 0. The van der Waals surface area contributed by atoms with Crippen LogP contribution in [0.1, 0.15) is 23.0 Å². The Balaban J connectivity index is 1.71. The minimum atomic E-state index is -0.0229. The van der Waals surface area contributed by atoms with Gasteiger partial charge in [-0.25, -0.2) is 0 Å². The van der Waals surface area contributed by atoms with Gasteiger partial charge in [0, 0.05) is 19.3 Å². The maximum absolute atomic E-state index is 12.2. The van der Waals surface area contributed by atoms with Crippen LogP contribution >= 0.6 is 0 Å². The quantitative estimate of drug-likeness (QED) is 0.781. The van der Waals surface area contributed by atoms with Gasteiger partial charge in [0.25, 0.3) is 5.91 Å². The second kappa shape index (κ2) is 4.56. The van der Waals surface area contributed by atoms with Gasteiger partial charge in [0.1, 0.15) is 5.69 Å². The molecule has 1 unspecified atom stereocenters.